The van der Waals surface area contributed by atoms with E-state index in [0.29, 0.717) is 39.9 Å². The molecular formula is C24H25ClN2O5S. The van der Waals surface area contributed by atoms with E-state index in [0.717, 1.165) is 5.56 Å². The lowest BCUT2D eigenvalue weighted by molar-refractivity contribution is -0.116. The number of amides is 1. The smallest absolute Gasteiger partial charge is 0.261 e. The van der Waals surface area contributed by atoms with Crippen molar-refractivity contribution in [1.82, 2.24) is 0 Å². The third-order valence-corrected chi connectivity index (χ3v) is 6.84. The fourth-order valence-corrected chi connectivity index (χ4v) is 4.45. The largest absolute Gasteiger partial charge is 0.493 e. The number of carbonyl (C=O) groups excluding carboxylic acids is 1. The topological polar surface area (TPSA) is 93.7 Å². The van der Waals surface area contributed by atoms with Crippen molar-refractivity contribution in [3.63, 3.8) is 0 Å². The minimum atomic E-state index is -3.80. The molecule has 0 spiro atoms. The van der Waals surface area contributed by atoms with Crippen LogP contribution in [0.1, 0.15) is 17.5 Å². The molecule has 0 aliphatic rings. The van der Waals surface area contributed by atoms with Gasteiger partial charge in [0.25, 0.3) is 10.0 Å². The Balaban J connectivity index is 1.61. The van der Waals surface area contributed by atoms with Crippen molar-refractivity contribution in [3.8, 4) is 11.5 Å². The van der Waals surface area contributed by atoms with Gasteiger partial charge in [0.2, 0.25) is 5.91 Å². The fraction of sp³-hybridized carbons (Fsp3) is 0.208. The van der Waals surface area contributed by atoms with Gasteiger partial charge in [-0.05, 0) is 73.0 Å². The Morgan fingerprint density at radius 2 is 1.67 bits per heavy atom. The summed E-state index contributed by atoms with van der Waals surface area (Å²) in [7, 11) is -0.675. The van der Waals surface area contributed by atoms with Crippen LogP contribution in [0.5, 0.6) is 11.5 Å². The van der Waals surface area contributed by atoms with Crippen LogP contribution in [0.4, 0.5) is 11.4 Å². The molecule has 0 heterocycles. The quantitative estimate of drug-likeness (QED) is 0.440. The Kier molecular flexibility index (Phi) is 7.84. The molecule has 0 atom stereocenters. The zero-order valence-corrected chi connectivity index (χ0v) is 20.1. The molecule has 0 saturated carbocycles. The van der Waals surface area contributed by atoms with Crippen LogP contribution in [0, 0.1) is 6.92 Å². The maximum absolute atomic E-state index is 12.7. The maximum Gasteiger partial charge on any atom is 0.261 e. The van der Waals surface area contributed by atoms with E-state index < -0.39 is 10.0 Å². The third-order valence-electron chi connectivity index (χ3n) is 5.05. The Morgan fingerprint density at radius 1 is 0.970 bits per heavy atom. The van der Waals surface area contributed by atoms with Crippen molar-refractivity contribution in [1.29, 1.82) is 0 Å². The van der Waals surface area contributed by atoms with Crippen molar-refractivity contribution in [3.05, 3.63) is 76.8 Å². The first-order valence-corrected chi connectivity index (χ1v) is 12.0. The molecule has 0 aliphatic carbocycles. The molecule has 9 heteroatoms. The number of hydrogen-bond acceptors (Lipinski definition) is 5. The van der Waals surface area contributed by atoms with E-state index in [2.05, 4.69) is 10.0 Å². The summed E-state index contributed by atoms with van der Waals surface area (Å²) in [4.78, 5) is 12.4. The first-order valence-electron chi connectivity index (χ1n) is 10.1. The van der Waals surface area contributed by atoms with Crippen LogP contribution in [0.25, 0.3) is 0 Å². The highest BCUT2D eigenvalue weighted by Crippen LogP contribution is 2.28. The second-order valence-electron chi connectivity index (χ2n) is 7.28. The van der Waals surface area contributed by atoms with Gasteiger partial charge in [-0.15, -0.1) is 0 Å². The molecule has 0 aromatic heterocycles. The number of nitrogens with one attached hydrogen (secondary N) is 2. The molecule has 3 rings (SSSR count). The van der Waals surface area contributed by atoms with Gasteiger partial charge in [-0.2, -0.15) is 0 Å². The number of hydrogen-bond donors (Lipinski definition) is 2. The molecular weight excluding hydrogens is 464 g/mol. The number of sulfonamides is 1. The average Bonchev–Trinajstić information content (AvgIpc) is 2.80. The first kappa shape index (κ1) is 24.4. The lowest BCUT2D eigenvalue weighted by atomic mass is 10.1. The van der Waals surface area contributed by atoms with Crippen molar-refractivity contribution in [2.75, 3.05) is 24.3 Å². The molecule has 0 radical (unpaired) electrons. The molecule has 3 aromatic rings. The zero-order valence-electron chi connectivity index (χ0n) is 18.5. The Bertz CT molecular complexity index is 1240. The summed E-state index contributed by atoms with van der Waals surface area (Å²) in [5.41, 5.74) is 2.49. The maximum atomic E-state index is 12.7. The fourth-order valence-electron chi connectivity index (χ4n) is 3.16. The summed E-state index contributed by atoms with van der Waals surface area (Å²) >= 11 is 6.06. The SMILES string of the molecule is COc1ccc(CCC(=O)Nc2ccc(S(=O)(=O)Nc3cccc(Cl)c3C)cc2)cc1OC. The monoisotopic (exact) mass is 488 g/mol. The van der Waals surface area contributed by atoms with Gasteiger partial charge < -0.3 is 14.8 Å². The zero-order chi connectivity index (χ0) is 24.0. The normalized spacial score (nSPS) is 11.0. The predicted octanol–water partition coefficient (Wildman–Crippen LogP) is 5.04. The van der Waals surface area contributed by atoms with E-state index in [4.69, 9.17) is 21.1 Å². The minimum Gasteiger partial charge on any atom is -0.493 e. The molecule has 0 saturated heterocycles. The molecule has 3 aromatic carbocycles. The molecule has 0 bridgehead atoms. The molecule has 33 heavy (non-hydrogen) atoms. The molecule has 2 N–H and O–H groups in total. The predicted molar refractivity (Wildman–Crippen MR) is 130 cm³/mol. The minimum absolute atomic E-state index is 0.0743. The number of methoxy groups -OCH3 is 2. The number of halogens is 1. The summed E-state index contributed by atoms with van der Waals surface area (Å²) in [5.74, 6) is 1.04. The van der Waals surface area contributed by atoms with Crippen LogP contribution >= 0.6 is 11.6 Å². The van der Waals surface area contributed by atoms with Crippen molar-refractivity contribution in [2.45, 2.75) is 24.7 Å². The lowest BCUT2D eigenvalue weighted by Gasteiger charge is -2.12. The standard InChI is InChI=1S/C24H25ClN2O5S/c1-16-20(25)5-4-6-21(16)27-33(29,30)19-11-9-18(10-12-19)26-24(28)14-8-17-7-13-22(31-2)23(15-17)32-3/h4-7,9-13,15,27H,8,14H2,1-3H3,(H,26,28). The first-order chi connectivity index (χ1) is 15.7. The van der Waals surface area contributed by atoms with Crippen LogP contribution in [0.3, 0.4) is 0 Å². The van der Waals surface area contributed by atoms with Gasteiger partial charge in [0.05, 0.1) is 24.8 Å². The van der Waals surface area contributed by atoms with Gasteiger partial charge in [0.15, 0.2) is 11.5 Å². The summed E-state index contributed by atoms with van der Waals surface area (Å²) in [6, 6.07) is 16.5. The van der Waals surface area contributed by atoms with E-state index in [1.807, 2.05) is 12.1 Å². The second kappa shape index (κ2) is 10.6. The summed E-state index contributed by atoms with van der Waals surface area (Å²) in [6.07, 6.45) is 0.771. The Morgan fingerprint density at radius 3 is 2.33 bits per heavy atom. The Labute approximate surface area is 198 Å². The number of benzene rings is 3. The molecule has 174 valence electrons. The van der Waals surface area contributed by atoms with E-state index in [1.54, 1.807) is 57.5 Å². The average molecular weight is 489 g/mol. The van der Waals surface area contributed by atoms with Gasteiger partial charge in [-0.1, -0.05) is 23.7 Å². The van der Waals surface area contributed by atoms with Gasteiger partial charge >= 0.3 is 0 Å². The number of rotatable bonds is 9. The van der Waals surface area contributed by atoms with Crippen LogP contribution in [0.15, 0.2) is 65.6 Å². The molecule has 1 amide bonds. The van der Waals surface area contributed by atoms with Gasteiger partial charge in [0, 0.05) is 17.1 Å². The number of ether oxygens (including phenoxy) is 2. The summed E-state index contributed by atoms with van der Waals surface area (Å²) in [5, 5.41) is 3.25. The van der Waals surface area contributed by atoms with Crippen LogP contribution in [-0.4, -0.2) is 28.5 Å². The molecule has 0 aliphatic heterocycles. The van der Waals surface area contributed by atoms with Gasteiger partial charge in [-0.3, -0.25) is 9.52 Å². The molecule has 0 unspecified atom stereocenters. The highest BCUT2D eigenvalue weighted by molar-refractivity contribution is 7.92. The van der Waals surface area contributed by atoms with E-state index >= 15 is 0 Å². The van der Waals surface area contributed by atoms with Crippen molar-refractivity contribution < 1.29 is 22.7 Å². The number of anilines is 2. The molecule has 7 nitrogen and oxygen atoms in total. The lowest BCUT2D eigenvalue weighted by Crippen LogP contribution is -2.15. The van der Waals surface area contributed by atoms with Crippen molar-refractivity contribution in [2.24, 2.45) is 0 Å². The molecule has 0 fully saturated rings. The van der Waals surface area contributed by atoms with Crippen LogP contribution in [0.2, 0.25) is 5.02 Å². The third kappa shape index (κ3) is 6.18. The number of carbonyl (C=O) groups is 1. The van der Waals surface area contributed by atoms with E-state index in [9.17, 15) is 13.2 Å². The number of aryl methyl sites for hydroxylation is 1. The second-order valence-corrected chi connectivity index (χ2v) is 9.37. The van der Waals surface area contributed by atoms with Crippen LogP contribution < -0.4 is 19.5 Å². The van der Waals surface area contributed by atoms with E-state index in [-0.39, 0.29) is 17.2 Å². The van der Waals surface area contributed by atoms with Gasteiger partial charge in [-0.25, -0.2) is 8.42 Å². The summed E-state index contributed by atoms with van der Waals surface area (Å²) < 4.78 is 38.4. The van der Waals surface area contributed by atoms with Crippen LogP contribution in [-0.2, 0) is 21.2 Å². The highest BCUT2D eigenvalue weighted by Gasteiger charge is 2.16. The summed E-state index contributed by atoms with van der Waals surface area (Å²) in [6.45, 7) is 1.74. The van der Waals surface area contributed by atoms with Gasteiger partial charge in [0.1, 0.15) is 0 Å². The van der Waals surface area contributed by atoms with E-state index in [1.165, 1.54) is 12.1 Å². The Hall–Kier alpha value is -3.23. The van der Waals surface area contributed by atoms with Crippen molar-refractivity contribution >= 4 is 38.9 Å². The highest BCUT2D eigenvalue weighted by atomic mass is 35.5.